The minimum Gasteiger partial charge on any atom is -0.507 e. The molecule has 1 aromatic rings. The molecule has 0 amide bonds. The number of nitrogens with zero attached hydrogens (tertiary/aromatic N) is 1. The summed E-state index contributed by atoms with van der Waals surface area (Å²) >= 11 is 5.64. The first-order chi connectivity index (χ1) is 6.81. The Balaban J connectivity index is 2.34. The van der Waals surface area contributed by atoms with Crippen molar-refractivity contribution in [2.24, 2.45) is 4.99 Å². The summed E-state index contributed by atoms with van der Waals surface area (Å²) in [6.07, 6.45) is 0. The molecule has 0 atom stereocenters. The van der Waals surface area contributed by atoms with E-state index in [1.165, 1.54) is 0 Å². The van der Waals surface area contributed by atoms with Crippen LogP contribution in [-0.2, 0) is 10.6 Å². The lowest BCUT2D eigenvalue weighted by Gasteiger charge is -2.05. The molecule has 0 spiro atoms. The van der Waals surface area contributed by atoms with Crippen LogP contribution in [0.5, 0.6) is 5.75 Å². The van der Waals surface area contributed by atoms with E-state index in [2.05, 4.69) is 4.99 Å². The van der Waals surface area contributed by atoms with Gasteiger partial charge in [-0.1, -0.05) is 6.07 Å². The molecule has 1 heterocycles. The Kier molecular flexibility index (Phi) is 2.59. The number of rotatable bonds is 2. The molecule has 0 saturated heterocycles. The summed E-state index contributed by atoms with van der Waals surface area (Å²) in [4.78, 5) is 4.12. The second-order valence-corrected chi connectivity index (χ2v) is 3.29. The number of hydrogen-bond acceptors (Lipinski definition) is 3. The second-order valence-electron chi connectivity index (χ2n) is 3.02. The average Bonchev–Trinajstić information content (AvgIpc) is 2.70. The van der Waals surface area contributed by atoms with Gasteiger partial charge >= 0.3 is 0 Å². The molecule has 2 rings (SSSR count). The Morgan fingerprint density at radius 2 is 2.36 bits per heavy atom. The Morgan fingerprint density at radius 1 is 1.50 bits per heavy atom. The van der Waals surface area contributed by atoms with Gasteiger partial charge in [0.25, 0.3) is 0 Å². The van der Waals surface area contributed by atoms with E-state index in [4.69, 9.17) is 16.3 Å². The standard InChI is InChI=1S/C10H10ClNO2/c11-6-7-1-2-8(9(13)5-7)10-12-3-4-14-10/h1-2,5,13H,3-4,6H2. The fourth-order valence-electron chi connectivity index (χ4n) is 1.34. The average molecular weight is 212 g/mol. The van der Waals surface area contributed by atoms with Gasteiger partial charge in [0.05, 0.1) is 12.1 Å². The van der Waals surface area contributed by atoms with Crippen LogP contribution in [-0.4, -0.2) is 24.2 Å². The molecule has 1 N–H and O–H groups in total. The molecule has 0 unspecified atom stereocenters. The molecule has 0 aromatic heterocycles. The van der Waals surface area contributed by atoms with Gasteiger partial charge in [0, 0.05) is 5.88 Å². The van der Waals surface area contributed by atoms with Gasteiger partial charge < -0.3 is 9.84 Å². The summed E-state index contributed by atoms with van der Waals surface area (Å²) in [5.74, 6) is 1.08. The van der Waals surface area contributed by atoms with Gasteiger partial charge in [0.1, 0.15) is 12.4 Å². The van der Waals surface area contributed by atoms with Crippen LogP contribution in [0.4, 0.5) is 0 Å². The van der Waals surface area contributed by atoms with Gasteiger partial charge in [-0.25, -0.2) is 4.99 Å². The summed E-state index contributed by atoms with van der Waals surface area (Å²) in [7, 11) is 0. The first-order valence-corrected chi connectivity index (χ1v) is 4.90. The van der Waals surface area contributed by atoms with Gasteiger partial charge in [-0.2, -0.15) is 0 Å². The minimum absolute atomic E-state index is 0.170. The highest BCUT2D eigenvalue weighted by Gasteiger charge is 2.14. The number of hydrogen-bond donors (Lipinski definition) is 1. The molecule has 4 heteroatoms. The molecule has 74 valence electrons. The highest BCUT2D eigenvalue weighted by Crippen LogP contribution is 2.22. The normalized spacial score (nSPS) is 15.1. The lowest BCUT2D eigenvalue weighted by molar-refractivity contribution is 0.346. The third kappa shape index (κ3) is 1.68. The smallest absolute Gasteiger partial charge is 0.220 e. The van der Waals surface area contributed by atoms with Crippen LogP contribution in [0.2, 0.25) is 0 Å². The Morgan fingerprint density at radius 3 is 2.93 bits per heavy atom. The van der Waals surface area contributed by atoms with Crippen molar-refractivity contribution in [1.82, 2.24) is 0 Å². The van der Waals surface area contributed by atoms with Crippen LogP contribution in [0, 0.1) is 0 Å². The van der Waals surface area contributed by atoms with Gasteiger partial charge in [-0.05, 0) is 17.7 Å². The lowest BCUT2D eigenvalue weighted by atomic mass is 10.1. The quantitative estimate of drug-likeness (QED) is 0.760. The van der Waals surface area contributed by atoms with Gasteiger partial charge in [0.2, 0.25) is 5.90 Å². The summed E-state index contributed by atoms with van der Waals surface area (Å²) in [6, 6.07) is 5.26. The van der Waals surface area contributed by atoms with Gasteiger partial charge in [0.15, 0.2) is 0 Å². The fourth-order valence-corrected chi connectivity index (χ4v) is 1.51. The zero-order chi connectivity index (χ0) is 9.97. The molecule has 0 fully saturated rings. The van der Waals surface area contributed by atoms with E-state index < -0.39 is 0 Å². The zero-order valence-electron chi connectivity index (χ0n) is 7.53. The van der Waals surface area contributed by atoms with Crippen molar-refractivity contribution in [2.75, 3.05) is 13.2 Å². The topological polar surface area (TPSA) is 41.8 Å². The van der Waals surface area contributed by atoms with Crippen molar-refractivity contribution in [2.45, 2.75) is 5.88 Å². The van der Waals surface area contributed by atoms with Crippen molar-refractivity contribution in [3.63, 3.8) is 0 Å². The van der Waals surface area contributed by atoms with Crippen LogP contribution >= 0.6 is 11.6 Å². The van der Waals surface area contributed by atoms with E-state index >= 15 is 0 Å². The minimum atomic E-state index is 0.170. The number of aliphatic imine (C=N–C) groups is 1. The number of halogens is 1. The van der Waals surface area contributed by atoms with E-state index in [1.807, 2.05) is 6.07 Å². The molecule has 0 aliphatic carbocycles. The molecule has 3 nitrogen and oxygen atoms in total. The predicted octanol–water partition coefficient (Wildman–Crippen LogP) is 1.91. The summed E-state index contributed by atoms with van der Waals surface area (Å²) in [5, 5.41) is 9.66. The summed E-state index contributed by atoms with van der Waals surface area (Å²) in [5.41, 5.74) is 1.52. The maximum absolute atomic E-state index is 9.66. The molecule has 0 bridgehead atoms. The van der Waals surface area contributed by atoms with Crippen LogP contribution in [0.3, 0.4) is 0 Å². The van der Waals surface area contributed by atoms with E-state index in [0.29, 0.717) is 30.5 Å². The van der Waals surface area contributed by atoms with E-state index in [0.717, 1.165) is 5.56 Å². The summed E-state index contributed by atoms with van der Waals surface area (Å²) < 4.78 is 5.25. The number of benzene rings is 1. The summed E-state index contributed by atoms with van der Waals surface area (Å²) in [6.45, 7) is 1.25. The van der Waals surface area contributed by atoms with Crippen LogP contribution < -0.4 is 0 Å². The van der Waals surface area contributed by atoms with Gasteiger partial charge in [-0.15, -0.1) is 11.6 Å². The number of aromatic hydroxyl groups is 1. The number of phenolic OH excluding ortho intramolecular Hbond substituents is 1. The molecule has 0 radical (unpaired) electrons. The first-order valence-electron chi connectivity index (χ1n) is 4.37. The molecular formula is C10H10ClNO2. The molecule has 1 aliphatic rings. The number of alkyl halides is 1. The zero-order valence-corrected chi connectivity index (χ0v) is 8.29. The van der Waals surface area contributed by atoms with Crippen LogP contribution in [0.1, 0.15) is 11.1 Å². The molecular weight excluding hydrogens is 202 g/mol. The van der Waals surface area contributed by atoms with Crippen LogP contribution in [0.15, 0.2) is 23.2 Å². The molecule has 1 aromatic carbocycles. The first kappa shape index (κ1) is 9.34. The highest BCUT2D eigenvalue weighted by atomic mass is 35.5. The van der Waals surface area contributed by atoms with Gasteiger partial charge in [-0.3, -0.25) is 0 Å². The van der Waals surface area contributed by atoms with Crippen molar-refractivity contribution >= 4 is 17.5 Å². The predicted molar refractivity (Wildman–Crippen MR) is 55.0 cm³/mol. The maximum atomic E-state index is 9.66. The highest BCUT2D eigenvalue weighted by molar-refractivity contribution is 6.17. The number of phenols is 1. The third-order valence-electron chi connectivity index (χ3n) is 2.03. The third-order valence-corrected chi connectivity index (χ3v) is 2.34. The Labute approximate surface area is 87.0 Å². The van der Waals surface area contributed by atoms with E-state index in [1.54, 1.807) is 12.1 Å². The fraction of sp³-hybridized carbons (Fsp3) is 0.300. The molecule has 0 saturated carbocycles. The molecule has 14 heavy (non-hydrogen) atoms. The van der Waals surface area contributed by atoms with Crippen molar-refractivity contribution < 1.29 is 9.84 Å². The number of ether oxygens (including phenoxy) is 1. The monoisotopic (exact) mass is 211 g/mol. The Hall–Kier alpha value is -1.22. The lowest BCUT2D eigenvalue weighted by Crippen LogP contribution is -2.01. The van der Waals surface area contributed by atoms with E-state index in [-0.39, 0.29) is 5.75 Å². The van der Waals surface area contributed by atoms with Crippen LogP contribution in [0.25, 0.3) is 0 Å². The maximum Gasteiger partial charge on any atom is 0.220 e. The molecule has 1 aliphatic heterocycles. The van der Waals surface area contributed by atoms with E-state index in [9.17, 15) is 5.11 Å². The van der Waals surface area contributed by atoms with Crippen molar-refractivity contribution in [3.05, 3.63) is 29.3 Å². The van der Waals surface area contributed by atoms with Crippen molar-refractivity contribution in [1.29, 1.82) is 0 Å². The Bertz CT molecular complexity index is 376. The second kappa shape index (κ2) is 3.88. The largest absolute Gasteiger partial charge is 0.507 e. The SMILES string of the molecule is Oc1cc(CCl)ccc1C1=NCCO1. The van der Waals surface area contributed by atoms with Crippen molar-refractivity contribution in [3.8, 4) is 5.75 Å².